The normalized spacial score (nSPS) is 13.6. The molecule has 2 heterocycles. The first kappa shape index (κ1) is 21.2. The van der Waals surface area contributed by atoms with Gasteiger partial charge in [-0.1, -0.05) is 23.7 Å². The van der Waals surface area contributed by atoms with Gasteiger partial charge in [0.05, 0.1) is 6.54 Å². The Balaban J connectivity index is 1.40. The highest BCUT2D eigenvalue weighted by atomic mass is 35.5. The number of hydrogen-bond donors (Lipinski definition) is 0. The maximum Gasteiger partial charge on any atom is 0.410 e. The van der Waals surface area contributed by atoms with Crippen molar-refractivity contribution >= 4 is 17.7 Å². The second kappa shape index (κ2) is 8.63. The minimum Gasteiger partial charge on any atom is -0.489 e. The molecular formula is C24H25ClN2O4. The van der Waals surface area contributed by atoms with E-state index in [1.54, 1.807) is 4.90 Å². The van der Waals surface area contributed by atoms with Crippen molar-refractivity contribution in [2.24, 2.45) is 0 Å². The lowest BCUT2D eigenvalue weighted by Gasteiger charge is -2.28. The number of carbonyl (C=O) groups excluding carboxylic acids is 1. The molecular weight excluding hydrogens is 416 g/mol. The quantitative estimate of drug-likeness (QED) is 0.507. The molecule has 31 heavy (non-hydrogen) atoms. The Bertz CT molecular complexity index is 1050. The Morgan fingerprint density at radius 3 is 2.52 bits per heavy atom. The molecule has 162 valence electrons. The molecule has 0 saturated heterocycles. The Labute approximate surface area is 186 Å². The Hall–Kier alpha value is -2.99. The van der Waals surface area contributed by atoms with Crippen LogP contribution in [0.15, 0.2) is 52.9 Å². The molecule has 1 amide bonds. The van der Waals surface area contributed by atoms with Crippen LogP contribution in [0.1, 0.15) is 37.8 Å². The Kier molecular flexibility index (Phi) is 5.92. The zero-order chi connectivity index (χ0) is 22.0. The first-order valence-corrected chi connectivity index (χ1v) is 10.6. The van der Waals surface area contributed by atoms with Crippen LogP contribution in [-0.2, 0) is 24.3 Å². The summed E-state index contributed by atoms with van der Waals surface area (Å²) >= 11 is 5.91. The number of carbonyl (C=O) groups is 1. The standard InChI is InChI=1S/C24H25ClN2O4/c1-24(2,3)31-23(28)27-13-12-21-20(14-27)26-22(30-21)17-6-10-19(11-7-17)29-15-16-4-8-18(25)9-5-16/h4-11H,12-15H2,1-3H3. The second-order valence-electron chi connectivity index (χ2n) is 8.48. The van der Waals surface area contributed by atoms with E-state index in [2.05, 4.69) is 4.98 Å². The third-order valence-corrected chi connectivity index (χ3v) is 5.05. The molecule has 3 aromatic rings. The molecule has 1 aliphatic heterocycles. The zero-order valence-electron chi connectivity index (χ0n) is 17.9. The molecule has 2 aromatic carbocycles. The van der Waals surface area contributed by atoms with Crippen molar-refractivity contribution < 1.29 is 18.7 Å². The van der Waals surface area contributed by atoms with Crippen molar-refractivity contribution in [2.45, 2.75) is 45.9 Å². The monoisotopic (exact) mass is 440 g/mol. The van der Waals surface area contributed by atoms with E-state index < -0.39 is 5.60 Å². The molecule has 0 atom stereocenters. The van der Waals surface area contributed by atoms with Gasteiger partial charge in [0.2, 0.25) is 5.89 Å². The van der Waals surface area contributed by atoms with E-state index in [9.17, 15) is 4.79 Å². The maximum absolute atomic E-state index is 12.3. The first-order chi connectivity index (χ1) is 14.8. The fourth-order valence-corrected chi connectivity index (χ4v) is 3.37. The molecule has 4 rings (SSSR count). The van der Waals surface area contributed by atoms with E-state index in [1.807, 2.05) is 69.3 Å². The molecule has 0 spiro atoms. The number of amides is 1. The van der Waals surface area contributed by atoms with E-state index in [0.717, 1.165) is 28.3 Å². The SMILES string of the molecule is CC(C)(C)OC(=O)N1CCc2oc(-c3ccc(OCc4ccc(Cl)cc4)cc3)nc2C1. The lowest BCUT2D eigenvalue weighted by Crippen LogP contribution is -2.39. The molecule has 6 nitrogen and oxygen atoms in total. The number of rotatable bonds is 4. The summed E-state index contributed by atoms with van der Waals surface area (Å²) in [6.45, 7) is 6.97. The lowest BCUT2D eigenvalue weighted by molar-refractivity contribution is 0.0217. The van der Waals surface area contributed by atoms with Crippen molar-refractivity contribution in [3.8, 4) is 17.2 Å². The van der Waals surface area contributed by atoms with Gasteiger partial charge in [-0.25, -0.2) is 9.78 Å². The Morgan fingerprint density at radius 2 is 1.84 bits per heavy atom. The molecule has 0 radical (unpaired) electrons. The third kappa shape index (κ3) is 5.39. The van der Waals surface area contributed by atoms with Crippen molar-refractivity contribution in [2.75, 3.05) is 6.54 Å². The van der Waals surface area contributed by atoms with Gasteiger partial charge in [-0.05, 0) is 62.7 Å². The van der Waals surface area contributed by atoms with E-state index >= 15 is 0 Å². The van der Waals surface area contributed by atoms with E-state index in [1.165, 1.54) is 0 Å². The van der Waals surface area contributed by atoms with Crippen LogP contribution in [0.3, 0.4) is 0 Å². The topological polar surface area (TPSA) is 64.8 Å². The highest BCUT2D eigenvalue weighted by Gasteiger charge is 2.29. The minimum atomic E-state index is -0.524. The third-order valence-electron chi connectivity index (χ3n) is 4.80. The van der Waals surface area contributed by atoms with Gasteiger partial charge in [0.1, 0.15) is 29.4 Å². The molecule has 1 aliphatic rings. The number of benzene rings is 2. The van der Waals surface area contributed by atoms with Gasteiger partial charge in [-0.3, -0.25) is 0 Å². The summed E-state index contributed by atoms with van der Waals surface area (Å²) in [6.07, 6.45) is 0.286. The van der Waals surface area contributed by atoms with Gasteiger partial charge in [-0.15, -0.1) is 0 Å². The predicted molar refractivity (Wildman–Crippen MR) is 118 cm³/mol. The van der Waals surface area contributed by atoms with E-state index in [0.29, 0.717) is 37.0 Å². The summed E-state index contributed by atoms with van der Waals surface area (Å²) in [5, 5.41) is 0.705. The van der Waals surface area contributed by atoms with Gasteiger partial charge in [0, 0.05) is 23.6 Å². The van der Waals surface area contributed by atoms with Crippen molar-refractivity contribution in [1.82, 2.24) is 9.88 Å². The smallest absolute Gasteiger partial charge is 0.410 e. The fourth-order valence-electron chi connectivity index (χ4n) is 3.25. The molecule has 0 fully saturated rings. The maximum atomic E-state index is 12.3. The summed E-state index contributed by atoms with van der Waals surface area (Å²) in [4.78, 5) is 18.6. The lowest BCUT2D eigenvalue weighted by atomic mass is 10.1. The fraction of sp³-hybridized carbons (Fsp3) is 0.333. The van der Waals surface area contributed by atoms with E-state index in [4.69, 9.17) is 25.5 Å². The Morgan fingerprint density at radius 1 is 1.13 bits per heavy atom. The largest absolute Gasteiger partial charge is 0.489 e. The number of hydrogen-bond acceptors (Lipinski definition) is 5. The van der Waals surface area contributed by atoms with Gasteiger partial charge in [-0.2, -0.15) is 0 Å². The average molecular weight is 441 g/mol. The van der Waals surface area contributed by atoms with Crippen LogP contribution in [0.5, 0.6) is 5.75 Å². The van der Waals surface area contributed by atoms with Crippen LogP contribution in [0.25, 0.3) is 11.5 Å². The van der Waals surface area contributed by atoms with E-state index in [-0.39, 0.29) is 6.09 Å². The molecule has 7 heteroatoms. The highest BCUT2D eigenvalue weighted by molar-refractivity contribution is 6.30. The number of ether oxygens (including phenoxy) is 2. The zero-order valence-corrected chi connectivity index (χ0v) is 18.6. The van der Waals surface area contributed by atoms with Crippen molar-refractivity contribution in [3.63, 3.8) is 0 Å². The van der Waals surface area contributed by atoms with Gasteiger partial charge >= 0.3 is 6.09 Å². The van der Waals surface area contributed by atoms with Crippen LogP contribution < -0.4 is 4.74 Å². The first-order valence-electron chi connectivity index (χ1n) is 10.2. The highest BCUT2D eigenvalue weighted by Crippen LogP contribution is 2.28. The summed E-state index contributed by atoms with van der Waals surface area (Å²) in [7, 11) is 0. The predicted octanol–water partition coefficient (Wildman–Crippen LogP) is 5.87. The van der Waals surface area contributed by atoms with Crippen LogP contribution in [0.2, 0.25) is 5.02 Å². The van der Waals surface area contributed by atoms with Crippen LogP contribution >= 0.6 is 11.6 Å². The molecule has 0 bridgehead atoms. The van der Waals surface area contributed by atoms with Gasteiger partial charge < -0.3 is 18.8 Å². The molecule has 0 aliphatic carbocycles. The number of nitrogens with zero attached hydrogens (tertiary/aromatic N) is 2. The minimum absolute atomic E-state index is 0.329. The number of fused-ring (bicyclic) bond motifs is 1. The van der Waals surface area contributed by atoms with Crippen LogP contribution in [-0.4, -0.2) is 28.1 Å². The van der Waals surface area contributed by atoms with Crippen LogP contribution in [0, 0.1) is 0 Å². The summed E-state index contributed by atoms with van der Waals surface area (Å²) in [6, 6.07) is 15.2. The van der Waals surface area contributed by atoms with Gasteiger partial charge in [0.25, 0.3) is 0 Å². The number of aromatic nitrogens is 1. The summed E-state index contributed by atoms with van der Waals surface area (Å²) < 4.78 is 17.3. The summed E-state index contributed by atoms with van der Waals surface area (Å²) in [5.41, 5.74) is 2.15. The average Bonchev–Trinajstić information content (AvgIpc) is 3.16. The molecule has 0 unspecified atom stereocenters. The molecule has 1 aromatic heterocycles. The van der Waals surface area contributed by atoms with Gasteiger partial charge in [0.15, 0.2) is 0 Å². The van der Waals surface area contributed by atoms with Crippen molar-refractivity contribution in [1.29, 1.82) is 0 Å². The number of halogens is 1. The molecule has 0 N–H and O–H groups in total. The summed E-state index contributed by atoms with van der Waals surface area (Å²) in [5.74, 6) is 2.12. The molecule has 0 saturated carbocycles. The number of oxazole rings is 1. The second-order valence-corrected chi connectivity index (χ2v) is 8.92. The van der Waals surface area contributed by atoms with Crippen LogP contribution in [0.4, 0.5) is 4.79 Å². The van der Waals surface area contributed by atoms with Crippen molar-refractivity contribution in [3.05, 3.63) is 70.6 Å².